The van der Waals surface area contributed by atoms with Crippen LogP contribution in [0.25, 0.3) is 0 Å². The summed E-state index contributed by atoms with van der Waals surface area (Å²) in [7, 11) is 0. The van der Waals surface area contributed by atoms with Crippen molar-refractivity contribution in [1.82, 2.24) is 4.90 Å². The Morgan fingerprint density at radius 3 is 2.48 bits per heavy atom. The van der Waals surface area contributed by atoms with Gasteiger partial charge >= 0.3 is 0 Å². The maximum absolute atomic E-state index is 14.5. The van der Waals surface area contributed by atoms with Gasteiger partial charge in [0.2, 0.25) is 0 Å². The Morgan fingerprint density at radius 1 is 1.21 bits per heavy atom. The molecule has 2 aromatic rings. The SMILES string of the molecule is CCc1ccc(Nc2c(C(=O)N3CC(O)(C(N)CC)C3)ccc(F)c2F)c(F)c1. The molecule has 0 aliphatic carbocycles. The molecule has 2 aromatic carbocycles. The molecule has 1 aliphatic rings. The summed E-state index contributed by atoms with van der Waals surface area (Å²) in [5.74, 6) is -3.69. The van der Waals surface area contributed by atoms with Crippen molar-refractivity contribution in [3.05, 3.63) is 58.9 Å². The van der Waals surface area contributed by atoms with Crippen LogP contribution in [0.4, 0.5) is 24.5 Å². The third-order valence-corrected chi connectivity index (χ3v) is 5.37. The van der Waals surface area contributed by atoms with E-state index in [9.17, 15) is 23.1 Å². The number of halogens is 3. The number of aliphatic hydroxyl groups is 1. The van der Waals surface area contributed by atoms with Gasteiger partial charge in [0.05, 0.1) is 30.0 Å². The third kappa shape index (κ3) is 3.95. The second-order valence-corrected chi connectivity index (χ2v) is 7.36. The summed E-state index contributed by atoms with van der Waals surface area (Å²) >= 11 is 0. The van der Waals surface area contributed by atoms with Gasteiger partial charge in [-0.3, -0.25) is 4.79 Å². The van der Waals surface area contributed by atoms with Gasteiger partial charge in [0.25, 0.3) is 5.91 Å². The Kier molecular flexibility index (Phi) is 5.86. The van der Waals surface area contributed by atoms with E-state index in [1.165, 1.54) is 17.0 Å². The van der Waals surface area contributed by atoms with Crippen molar-refractivity contribution in [2.24, 2.45) is 5.73 Å². The minimum atomic E-state index is -1.28. The summed E-state index contributed by atoms with van der Waals surface area (Å²) in [6.45, 7) is 3.66. The number of nitrogens with zero attached hydrogens (tertiary/aromatic N) is 1. The molecule has 29 heavy (non-hydrogen) atoms. The van der Waals surface area contributed by atoms with Crippen LogP contribution >= 0.6 is 0 Å². The van der Waals surface area contributed by atoms with Gasteiger partial charge in [-0.05, 0) is 42.7 Å². The van der Waals surface area contributed by atoms with E-state index in [1.54, 1.807) is 6.07 Å². The van der Waals surface area contributed by atoms with Gasteiger partial charge in [0, 0.05) is 6.04 Å². The van der Waals surface area contributed by atoms with E-state index in [4.69, 9.17) is 5.73 Å². The molecule has 0 bridgehead atoms. The fourth-order valence-corrected chi connectivity index (χ4v) is 3.41. The minimum Gasteiger partial charge on any atom is -0.385 e. The third-order valence-electron chi connectivity index (χ3n) is 5.37. The molecular formula is C21H24F3N3O2. The summed E-state index contributed by atoms with van der Waals surface area (Å²) in [6.07, 6.45) is 1.15. The lowest BCUT2D eigenvalue weighted by Crippen LogP contribution is -2.70. The summed E-state index contributed by atoms with van der Waals surface area (Å²) in [4.78, 5) is 14.1. The van der Waals surface area contributed by atoms with Gasteiger partial charge in [-0.15, -0.1) is 0 Å². The number of nitrogens with one attached hydrogen (secondary N) is 1. The zero-order valence-corrected chi connectivity index (χ0v) is 16.3. The molecule has 0 spiro atoms. The zero-order chi connectivity index (χ0) is 21.3. The number of nitrogens with two attached hydrogens (primary N) is 1. The molecule has 1 unspecified atom stereocenters. The Hall–Kier alpha value is -2.58. The largest absolute Gasteiger partial charge is 0.385 e. The average molecular weight is 407 g/mol. The van der Waals surface area contributed by atoms with Crippen LogP contribution in [0, 0.1) is 17.5 Å². The lowest BCUT2D eigenvalue weighted by atomic mass is 9.84. The fourth-order valence-electron chi connectivity index (χ4n) is 3.41. The van der Waals surface area contributed by atoms with Gasteiger partial charge in [-0.25, -0.2) is 13.2 Å². The minimum absolute atomic E-state index is 0.0150. The van der Waals surface area contributed by atoms with Crippen LogP contribution in [0.1, 0.15) is 36.2 Å². The number of anilines is 2. The number of rotatable bonds is 6. The predicted octanol–water partition coefficient (Wildman–Crippen LogP) is 3.33. The molecule has 0 aromatic heterocycles. The second kappa shape index (κ2) is 8.04. The summed E-state index contributed by atoms with van der Waals surface area (Å²) in [5.41, 5.74) is 4.73. The van der Waals surface area contributed by atoms with Crippen molar-refractivity contribution in [3.63, 3.8) is 0 Å². The molecule has 156 valence electrons. The standard InChI is InChI=1S/C21H24F3N3O2/c1-3-12-5-8-16(15(23)9-12)26-19-13(6-7-14(22)18(19)24)20(28)27-10-21(29,11-27)17(25)4-2/h5-9,17,26,29H,3-4,10-11,25H2,1-2H3. The molecular weight excluding hydrogens is 383 g/mol. The van der Waals surface area contributed by atoms with Crippen LogP contribution in [0.3, 0.4) is 0 Å². The highest BCUT2D eigenvalue weighted by atomic mass is 19.2. The summed E-state index contributed by atoms with van der Waals surface area (Å²) in [5, 5.41) is 12.9. The van der Waals surface area contributed by atoms with E-state index in [-0.39, 0.29) is 24.3 Å². The highest BCUT2D eigenvalue weighted by Crippen LogP contribution is 2.32. The fraction of sp³-hybridized carbons (Fsp3) is 0.381. The maximum atomic E-state index is 14.5. The van der Waals surface area contributed by atoms with E-state index in [0.29, 0.717) is 12.8 Å². The lowest BCUT2D eigenvalue weighted by Gasteiger charge is -2.49. The number of hydrogen-bond acceptors (Lipinski definition) is 4. The predicted molar refractivity (Wildman–Crippen MR) is 105 cm³/mol. The highest BCUT2D eigenvalue weighted by Gasteiger charge is 2.47. The van der Waals surface area contributed by atoms with Crippen LogP contribution in [-0.4, -0.2) is 40.6 Å². The van der Waals surface area contributed by atoms with Crippen LogP contribution in [0.15, 0.2) is 30.3 Å². The van der Waals surface area contributed by atoms with Crippen LogP contribution in [0.5, 0.6) is 0 Å². The Morgan fingerprint density at radius 2 is 1.90 bits per heavy atom. The number of likely N-dealkylation sites (tertiary alicyclic amines) is 1. The molecule has 8 heteroatoms. The number of benzene rings is 2. The molecule has 1 atom stereocenters. The molecule has 5 nitrogen and oxygen atoms in total. The molecule has 1 fully saturated rings. The number of amides is 1. The normalized spacial score (nSPS) is 16.3. The summed E-state index contributed by atoms with van der Waals surface area (Å²) < 4.78 is 42.7. The van der Waals surface area contributed by atoms with E-state index in [0.717, 1.165) is 17.7 Å². The number of β-amino-alcohol motifs (C(OH)–C–C–N with tert-alkyl or cyclic N) is 1. The van der Waals surface area contributed by atoms with Crippen molar-refractivity contribution >= 4 is 17.3 Å². The molecule has 0 saturated carbocycles. The number of hydrogen-bond donors (Lipinski definition) is 3. The molecule has 1 heterocycles. The number of carbonyl (C=O) groups is 1. The van der Waals surface area contributed by atoms with Crippen LogP contribution in [-0.2, 0) is 6.42 Å². The van der Waals surface area contributed by atoms with Crippen LogP contribution < -0.4 is 11.1 Å². The Balaban J connectivity index is 1.89. The van der Waals surface area contributed by atoms with Gasteiger partial charge < -0.3 is 21.1 Å². The number of aryl methyl sites for hydroxylation is 1. The molecule has 0 radical (unpaired) electrons. The van der Waals surface area contributed by atoms with Gasteiger partial charge in [0.15, 0.2) is 11.6 Å². The zero-order valence-electron chi connectivity index (χ0n) is 16.3. The molecule has 1 amide bonds. The van der Waals surface area contributed by atoms with E-state index >= 15 is 0 Å². The van der Waals surface area contributed by atoms with E-state index in [1.807, 2.05) is 13.8 Å². The Bertz CT molecular complexity index is 930. The van der Waals surface area contributed by atoms with Crippen molar-refractivity contribution in [2.45, 2.75) is 38.3 Å². The first kappa shape index (κ1) is 21.1. The first-order valence-electron chi connectivity index (χ1n) is 9.50. The van der Waals surface area contributed by atoms with Gasteiger partial charge in [-0.2, -0.15) is 0 Å². The lowest BCUT2D eigenvalue weighted by molar-refractivity contribution is -0.0971. The second-order valence-electron chi connectivity index (χ2n) is 7.36. The molecule has 1 saturated heterocycles. The number of carbonyl (C=O) groups excluding carboxylic acids is 1. The van der Waals surface area contributed by atoms with E-state index < -0.39 is 40.7 Å². The monoisotopic (exact) mass is 407 g/mol. The maximum Gasteiger partial charge on any atom is 0.256 e. The van der Waals surface area contributed by atoms with E-state index in [2.05, 4.69) is 5.32 Å². The average Bonchev–Trinajstić information content (AvgIpc) is 2.69. The Labute approximate surface area is 167 Å². The van der Waals surface area contributed by atoms with Gasteiger partial charge in [-0.1, -0.05) is 19.9 Å². The smallest absolute Gasteiger partial charge is 0.256 e. The topological polar surface area (TPSA) is 78.6 Å². The quantitative estimate of drug-likeness (QED) is 0.686. The first-order valence-corrected chi connectivity index (χ1v) is 9.50. The molecule has 4 N–H and O–H groups in total. The van der Waals surface area contributed by atoms with Gasteiger partial charge in [0.1, 0.15) is 11.4 Å². The first-order chi connectivity index (χ1) is 13.7. The van der Waals surface area contributed by atoms with Crippen molar-refractivity contribution in [2.75, 3.05) is 18.4 Å². The van der Waals surface area contributed by atoms with Crippen molar-refractivity contribution < 1.29 is 23.1 Å². The van der Waals surface area contributed by atoms with Crippen molar-refractivity contribution in [3.8, 4) is 0 Å². The molecule has 3 rings (SSSR count). The summed E-state index contributed by atoms with van der Waals surface area (Å²) in [6, 6.07) is 5.84. The van der Waals surface area contributed by atoms with Crippen LogP contribution in [0.2, 0.25) is 0 Å². The molecule has 1 aliphatic heterocycles. The van der Waals surface area contributed by atoms with Crippen molar-refractivity contribution in [1.29, 1.82) is 0 Å². The highest BCUT2D eigenvalue weighted by molar-refractivity contribution is 6.01.